The van der Waals surface area contributed by atoms with Crippen molar-refractivity contribution in [3.05, 3.63) is 18.1 Å². The van der Waals surface area contributed by atoms with Crippen LogP contribution in [-0.4, -0.2) is 28.6 Å². The molecule has 1 aromatic rings. The minimum Gasteiger partial charge on any atom is -0.353 e. The molecule has 0 bridgehead atoms. The molecule has 1 aliphatic rings. The van der Waals surface area contributed by atoms with Crippen molar-refractivity contribution in [2.45, 2.75) is 58.2 Å². The summed E-state index contributed by atoms with van der Waals surface area (Å²) in [5.74, 6) is 0.942. The first-order valence-corrected chi connectivity index (χ1v) is 6.81. The summed E-state index contributed by atoms with van der Waals surface area (Å²) >= 11 is 0. The molecule has 0 amide bonds. The van der Waals surface area contributed by atoms with Crippen LogP contribution in [0.3, 0.4) is 0 Å². The largest absolute Gasteiger partial charge is 0.353 e. The molecule has 0 spiro atoms. The first-order chi connectivity index (χ1) is 8.53. The topological polar surface area (TPSA) is 41.1 Å². The first-order valence-electron chi connectivity index (χ1n) is 6.81. The van der Waals surface area contributed by atoms with Gasteiger partial charge in [-0.1, -0.05) is 6.92 Å². The standard InChI is InChI=1S/C14H24N4/c1-5-14(2,3)18(4)13-10-16-12(9-17-13)8-15-11-6-7-11/h9-11,15H,5-8H2,1-4H3. The normalized spacial score (nSPS) is 15.8. The van der Waals surface area contributed by atoms with Crippen LogP contribution in [0.5, 0.6) is 0 Å². The fraction of sp³-hybridized carbons (Fsp3) is 0.714. The lowest BCUT2D eigenvalue weighted by molar-refractivity contribution is 0.466. The molecule has 1 aliphatic carbocycles. The highest BCUT2D eigenvalue weighted by Crippen LogP contribution is 2.22. The van der Waals surface area contributed by atoms with Gasteiger partial charge in [-0.15, -0.1) is 0 Å². The summed E-state index contributed by atoms with van der Waals surface area (Å²) in [6, 6.07) is 0.716. The predicted octanol–water partition coefficient (Wildman–Crippen LogP) is 2.35. The Hall–Kier alpha value is -1.16. The Bertz CT molecular complexity index is 381. The number of rotatable bonds is 6. The van der Waals surface area contributed by atoms with Crippen molar-refractivity contribution in [3.8, 4) is 0 Å². The molecule has 1 heterocycles. The van der Waals surface area contributed by atoms with Crippen LogP contribution in [0.15, 0.2) is 12.4 Å². The van der Waals surface area contributed by atoms with Gasteiger partial charge in [0.1, 0.15) is 5.82 Å². The minimum atomic E-state index is 0.114. The fourth-order valence-electron chi connectivity index (χ4n) is 1.70. The van der Waals surface area contributed by atoms with Gasteiger partial charge in [0.15, 0.2) is 0 Å². The maximum absolute atomic E-state index is 4.51. The lowest BCUT2D eigenvalue weighted by Crippen LogP contribution is -2.41. The molecule has 1 aromatic heterocycles. The number of anilines is 1. The number of nitrogens with zero attached hydrogens (tertiary/aromatic N) is 3. The van der Waals surface area contributed by atoms with Crippen LogP contribution < -0.4 is 10.2 Å². The Kier molecular flexibility index (Phi) is 3.85. The van der Waals surface area contributed by atoms with Crippen LogP contribution in [0.2, 0.25) is 0 Å². The molecule has 0 unspecified atom stereocenters. The molecule has 0 atom stereocenters. The summed E-state index contributed by atoms with van der Waals surface area (Å²) in [6.45, 7) is 7.46. The van der Waals surface area contributed by atoms with Gasteiger partial charge in [0.05, 0.1) is 18.1 Å². The maximum Gasteiger partial charge on any atom is 0.147 e. The number of nitrogens with one attached hydrogen (secondary N) is 1. The highest BCUT2D eigenvalue weighted by Gasteiger charge is 2.23. The second kappa shape index (κ2) is 5.22. The zero-order chi connectivity index (χ0) is 13.2. The Morgan fingerprint density at radius 1 is 1.33 bits per heavy atom. The molecule has 2 rings (SSSR count). The Balaban J connectivity index is 1.97. The van der Waals surface area contributed by atoms with Crippen molar-refractivity contribution in [2.24, 2.45) is 0 Å². The molecule has 1 saturated carbocycles. The van der Waals surface area contributed by atoms with Crippen molar-refractivity contribution in [1.82, 2.24) is 15.3 Å². The van der Waals surface area contributed by atoms with E-state index in [1.807, 2.05) is 12.4 Å². The third-order valence-corrected chi connectivity index (χ3v) is 3.96. The van der Waals surface area contributed by atoms with Crippen molar-refractivity contribution >= 4 is 5.82 Å². The number of aromatic nitrogens is 2. The van der Waals surface area contributed by atoms with Crippen molar-refractivity contribution in [2.75, 3.05) is 11.9 Å². The van der Waals surface area contributed by atoms with Crippen LogP contribution >= 0.6 is 0 Å². The summed E-state index contributed by atoms with van der Waals surface area (Å²) in [5, 5.41) is 3.45. The third kappa shape index (κ3) is 3.19. The summed E-state index contributed by atoms with van der Waals surface area (Å²) in [7, 11) is 2.08. The van der Waals surface area contributed by atoms with Gasteiger partial charge in [0.25, 0.3) is 0 Å². The number of hydrogen-bond acceptors (Lipinski definition) is 4. The van der Waals surface area contributed by atoms with E-state index in [0.29, 0.717) is 6.04 Å². The van der Waals surface area contributed by atoms with Crippen LogP contribution in [0.1, 0.15) is 45.7 Å². The molecule has 18 heavy (non-hydrogen) atoms. The van der Waals surface area contributed by atoms with E-state index in [1.165, 1.54) is 12.8 Å². The van der Waals surface area contributed by atoms with Gasteiger partial charge in [-0.3, -0.25) is 4.98 Å². The summed E-state index contributed by atoms with van der Waals surface area (Å²) in [4.78, 5) is 11.2. The zero-order valence-corrected chi connectivity index (χ0v) is 11.9. The van der Waals surface area contributed by atoms with E-state index in [4.69, 9.17) is 0 Å². The van der Waals surface area contributed by atoms with Gasteiger partial charge in [-0.25, -0.2) is 4.98 Å². The molecular formula is C14H24N4. The zero-order valence-electron chi connectivity index (χ0n) is 11.9. The Labute approximate surface area is 110 Å². The molecule has 100 valence electrons. The van der Waals surface area contributed by atoms with Crippen molar-refractivity contribution in [3.63, 3.8) is 0 Å². The average molecular weight is 248 g/mol. The molecule has 1 fully saturated rings. The van der Waals surface area contributed by atoms with Gasteiger partial charge >= 0.3 is 0 Å². The molecular weight excluding hydrogens is 224 g/mol. The molecule has 4 nitrogen and oxygen atoms in total. The maximum atomic E-state index is 4.51. The van der Waals surface area contributed by atoms with E-state index in [1.54, 1.807) is 0 Å². The second-order valence-corrected chi connectivity index (χ2v) is 5.75. The molecule has 0 saturated heterocycles. The van der Waals surface area contributed by atoms with Crippen molar-refractivity contribution < 1.29 is 0 Å². The first kappa shape index (κ1) is 13.3. The Morgan fingerprint density at radius 3 is 2.56 bits per heavy atom. The SMILES string of the molecule is CCC(C)(C)N(C)c1cnc(CNC2CC2)cn1. The van der Waals surface area contributed by atoms with Crippen LogP contribution in [-0.2, 0) is 6.54 Å². The van der Waals surface area contributed by atoms with Gasteiger partial charge in [-0.2, -0.15) is 0 Å². The summed E-state index contributed by atoms with van der Waals surface area (Å²) in [5.41, 5.74) is 1.14. The minimum absolute atomic E-state index is 0.114. The Morgan fingerprint density at radius 2 is 2.06 bits per heavy atom. The van der Waals surface area contributed by atoms with Gasteiger partial charge in [0, 0.05) is 25.2 Å². The highest BCUT2D eigenvalue weighted by atomic mass is 15.2. The monoisotopic (exact) mass is 248 g/mol. The lowest BCUT2D eigenvalue weighted by atomic mass is 10.0. The smallest absolute Gasteiger partial charge is 0.147 e. The lowest BCUT2D eigenvalue weighted by Gasteiger charge is -2.35. The van der Waals surface area contributed by atoms with Crippen molar-refractivity contribution in [1.29, 1.82) is 0 Å². The summed E-state index contributed by atoms with van der Waals surface area (Å²) in [6.07, 6.45) is 7.45. The second-order valence-electron chi connectivity index (χ2n) is 5.75. The summed E-state index contributed by atoms with van der Waals surface area (Å²) < 4.78 is 0. The van der Waals surface area contributed by atoms with Crippen LogP contribution in [0.4, 0.5) is 5.82 Å². The third-order valence-electron chi connectivity index (χ3n) is 3.96. The van der Waals surface area contributed by atoms with E-state index >= 15 is 0 Å². The quantitative estimate of drug-likeness (QED) is 0.839. The molecule has 1 N–H and O–H groups in total. The predicted molar refractivity (Wildman–Crippen MR) is 74.7 cm³/mol. The average Bonchev–Trinajstić information content (AvgIpc) is 3.20. The van der Waals surface area contributed by atoms with E-state index in [-0.39, 0.29) is 5.54 Å². The van der Waals surface area contributed by atoms with E-state index in [0.717, 1.165) is 24.5 Å². The molecule has 0 aliphatic heterocycles. The van der Waals surface area contributed by atoms with E-state index in [2.05, 4.69) is 48.0 Å². The van der Waals surface area contributed by atoms with Gasteiger partial charge < -0.3 is 10.2 Å². The van der Waals surface area contributed by atoms with Gasteiger partial charge in [-0.05, 0) is 33.1 Å². The fourth-order valence-corrected chi connectivity index (χ4v) is 1.70. The number of hydrogen-bond donors (Lipinski definition) is 1. The van der Waals surface area contributed by atoms with E-state index < -0.39 is 0 Å². The van der Waals surface area contributed by atoms with Crippen LogP contribution in [0, 0.1) is 0 Å². The van der Waals surface area contributed by atoms with Crippen LogP contribution in [0.25, 0.3) is 0 Å². The van der Waals surface area contributed by atoms with Gasteiger partial charge in [0.2, 0.25) is 0 Å². The molecule has 0 radical (unpaired) electrons. The molecule has 0 aromatic carbocycles. The molecule has 4 heteroatoms. The van der Waals surface area contributed by atoms with E-state index in [9.17, 15) is 0 Å². The highest BCUT2D eigenvalue weighted by molar-refractivity contribution is 5.38.